The summed E-state index contributed by atoms with van der Waals surface area (Å²) in [4.78, 5) is 22.1. The van der Waals surface area contributed by atoms with Crippen molar-refractivity contribution in [2.75, 3.05) is 6.61 Å². The number of aliphatic carboxylic acids is 1. The van der Waals surface area contributed by atoms with Crippen molar-refractivity contribution < 1.29 is 45.0 Å². The average molecular weight is 309 g/mol. The largest absolute Gasteiger partial charge is 0.477 e. The summed E-state index contributed by atoms with van der Waals surface area (Å²) in [5.41, 5.74) is 0. The molecule has 1 rings (SSSR count). The molecule has 10 heteroatoms. The van der Waals surface area contributed by atoms with E-state index >= 15 is 0 Å². The van der Waals surface area contributed by atoms with Crippen molar-refractivity contribution in [2.45, 2.75) is 49.6 Å². The van der Waals surface area contributed by atoms with Gasteiger partial charge in [-0.2, -0.15) is 0 Å². The van der Waals surface area contributed by atoms with Crippen molar-refractivity contribution in [3.8, 4) is 0 Å². The molecule has 0 aromatic carbocycles. The number of ether oxygens (including phenoxy) is 1. The molecule has 1 amide bonds. The summed E-state index contributed by atoms with van der Waals surface area (Å²) < 4.78 is 4.86. The van der Waals surface area contributed by atoms with Gasteiger partial charge in [0, 0.05) is 13.3 Å². The quantitative estimate of drug-likeness (QED) is 0.268. The van der Waals surface area contributed by atoms with E-state index in [1.807, 2.05) is 0 Å². The summed E-state index contributed by atoms with van der Waals surface area (Å²) in [6.07, 6.45) is -7.48. The van der Waals surface area contributed by atoms with E-state index in [4.69, 9.17) is 14.9 Å². The third-order valence-electron chi connectivity index (χ3n) is 3.21. The first-order chi connectivity index (χ1) is 9.62. The van der Waals surface area contributed by atoms with Gasteiger partial charge in [-0.15, -0.1) is 0 Å². The van der Waals surface area contributed by atoms with Crippen LogP contribution in [-0.4, -0.2) is 85.4 Å². The Morgan fingerprint density at radius 1 is 1.43 bits per heavy atom. The average Bonchev–Trinajstić information content (AvgIpc) is 2.39. The molecule has 122 valence electrons. The molecule has 7 N–H and O–H groups in total. The fraction of sp³-hybridized carbons (Fsp3) is 0.818. The van der Waals surface area contributed by atoms with Crippen LogP contribution in [0, 0.1) is 0 Å². The van der Waals surface area contributed by atoms with Crippen LogP contribution in [-0.2, 0) is 14.3 Å². The van der Waals surface area contributed by atoms with E-state index in [9.17, 15) is 30.0 Å². The number of aliphatic hydroxyl groups is 5. The first kappa shape index (κ1) is 17.8. The van der Waals surface area contributed by atoms with Crippen molar-refractivity contribution in [1.29, 1.82) is 0 Å². The maximum absolute atomic E-state index is 11.1. The summed E-state index contributed by atoms with van der Waals surface area (Å²) in [6, 6.07) is -1.27. The lowest BCUT2D eigenvalue weighted by atomic mass is 9.88. The molecule has 1 aliphatic rings. The molecule has 0 aromatic heterocycles. The number of carboxylic acid groups (broad SMARTS) is 1. The molecule has 1 saturated heterocycles. The van der Waals surface area contributed by atoms with Gasteiger partial charge in [-0.3, -0.25) is 4.79 Å². The lowest BCUT2D eigenvalue weighted by molar-refractivity contribution is -0.295. The Morgan fingerprint density at radius 2 is 2.00 bits per heavy atom. The smallest absolute Gasteiger partial charge is 0.364 e. The lowest BCUT2D eigenvalue weighted by Crippen LogP contribution is -2.67. The molecule has 0 spiro atoms. The summed E-state index contributed by atoms with van der Waals surface area (Å²) in [7, 11) is 0. The Bertz CT molecular complexity index is 403. The second kappa shape index (κ2) is 6.64. The predicted molar refractivity (Wildman–Crippen MR) is 64.8 cm³/mol. The number of aliphatic hydroxyl groups excluding tert-OH is 4. The van der Waals surface area contributed by atoms with Gasteiger partial charge in [0.2, 0.25) is 5.91 Å². The van der Waals surface area contributed by atoms with Gasteiger partial charge in [0.25, 0.3) is 5.79 Å². The zero-order valence-electron chi connectivity index (χ0n) is 11.2. The van der Waals surface area contributed by atoms with Crippen LogP contribution in [0.4, 0.5) is 0 Å². The van der Waals surface area contributed by atoms with Gasteiger partial charge in [-0.05, 0) is 0 Å². The minimum atomic E-state index is -2.78. The fourth-order valence-electron chi connectivity index (χ4n) is 2.14. The van der Waals surface area contributed by atoms with Crippen LogP contribution in [0.25, 0.3) is 0 Å². The Morgan fingerprint density at radius 3 is 2.43 bits per heavy atom. The minimum absolute atomic E-state index is 0.598. The molecular weight excluding hydrogens is 290 g/mol. The molecule has 1 unspecified atom stereocenters. The number of carbonyl (C=O) groups is 2. The Labute approximate surface area is 119 Å². The predicted octanol–water partition coefficient (Wildman–Crippen LogP) is -3.87. The first-order valence-corrected chi connectivity index (χ1v) is 6.18. The summed E-state index contributed by atoms with van der Waals surface area (Å²) in [6.45, 7) is 0.256. The molecule has 0 aromatic rings. The molecule has 0 radical (unpaired) electrons. The van der Waals surface area contributed by atoms with Gasteiger partial charge in [0.15, 0.2) is 0 Å². The molecule has 10 nitrogen and oxygen atoms in total. The van der Waals surface area contributed by atoms with E-state index in [0.29, 0.717) is 0 Å². The Hall–Kier alpha value is -1.30. The van der Waals surface area contributed by atoms with Crippen LogP contribution in [0.1, 0.15) is 13.3 Å². The molecule has 1 aliphatic heterocycles. The van der Waals surface area contributed by atoms with Crippen molar-refractivity contribution in [1.82, 2.24) is 5.32 Å². The minimum Gasteiger partial charge on any atom is -0.477 e. The van der Waals surface area contributed by atoms with Crippen LogP contribution in [0.15, 0.2) is 0 Å². The number of hydrogen-bond acceptors (Lipinski definition) is 8. The van der Waals surface area contributed by atoms with Crippen LogP contribution in [0.2, 0.25) is 0 Å². The van der Waals surface area contributed by atoms with E-state index in [0.717, 1.165) is 6.92 Å². The van der Waals surface area contributed by atoms with Crippen LogP contribution < -0.4 is 5.32 Å². The highest BCUT2D eigenvalue weighted by molar-refractivity contribution is 5.76. The van der Waals surface area contributed by atoms with E-state index < -0.39 is 61.1 Å². The van der Waals surface area contributed by atoms with Gasteiger partial charge in [0.05, 0.1) is 18.8 Å². The van der Waals surface area contributed by atoms with Crippen molar-refractivity contribution >= 4 is 11.9 Å². The van der Waals surface area contributed by atoms with E-state index in [1.165, 1.54) is 0 Å². The van der Waals surface area contributed by atoms with Gasteiger partial charge in [0.1, 0.15) is 18.3 Å². The molecule has 0 aliphatic carbocycles. The van der Waals surface area contributed by atoms with Crippen molar-refractivity contribution in [3.05, 3.63) is 0 Å². The van der Waals surface area contributed by atoms with E-state index in [2.05, 4.69) is 5.32 Å². The fourth-order valence-corrected chi connectivity index (χ4v) is 2.14. The third-order valence-corrected chi connectivity index (χ3v) is 3.21. The number of amides is 1. The number of nitrogens with one attached hydrogen (secondary N) is 1. The second-order valence-electron chi connectivity index (χ2n) is 4.91. The molecule has 1 heterocycles. The summed E-state index contributed by atoms with van der Waals surface area (Å²) >= 11 is 0. The number of carboxylic acids is 1. The molecule has 0 bridgehead atoms. The second-order valence-corrected chi connectivity index (χ2v) is 4.91. The van der Waals surface area contributed by atoms with E-state index in [-0.39, 0.29) is 0 Å². The van der Waals surface area contributed by atoms with Gasteiger partial charge >= 0.3 is 5.97 Å². The van der Waals surface area contributed by atoms with Crippen molar-refractivity contribution in [3.63, 3.8) is 0 Å². The molecule has 0 saturated carbocycles. The van der Waals surface area contributed by atoms with Gasteiger partial charge in [-0.1, -0.05) is 0 Å². The first-order valence-electron chi connectivity index (χ1n) is 6.18. The maximum atomic E-state index is 11.1. The Kier molecular flexibility index (Phi) is 5.61. The van der Waals surface area contributed by atoms with E-state index in [1.54, 1.807) is 0 Å². The maximum Gasteiger partial charge on any atom is 0.364 e. The van der Waals surface area contributed by atoms with Crippen LogP contribution in [0.5, 0.6) is 0 Å². The molecular formula is C11H19NO9. The normalized spacial score (nSPS) is 35.8. The lowest BCUT2D eigenvalue weighted by Gasteiger charge is -2.44. The number of carbonyl (C=O) groups excluding carboxylic acids is 1. The highest BCUT2D eigenvalue weighted by Crippen LogP contribution is 2.30. The highest BCUT2D eigenvalue weighted by Gasteiger charge is 2.53. The molecule has 21 heavy (non-hydrogen) atoms. The third kappa shape index (κ3) is 3.87. The van der Waals surface area contributed by atoms with Crippen LogP contribution in [0.3, 0.4) is 0 Å². The van der Waals surface area contributed by atoms with Crippen molar-refractivity contribution in [2.24, 2.45) is 0 Å². The van der Waals surface area contributed by atoms with Gasteiger partial charge in [-0.25, -0.2) is 4.79 Å². The number of hydrogen-bond donors (Lipinski definition) is 7. The molecule has 6 atom stereocenters. The zero-order valence-corrected chi connectivity index (χ0v) is 11.2. The summed E-state index contributed by atoms with van der Waals surface area (Å²) in [5, 5.41) is 59.0. The SMILES string of the molecule is CC(=O)N[C@@H]1[C@@H](O)C[C@](O)(C(=O)O)O[C@H]1C(O)[C@@H](O)CO. The topological polar surface area (TPSA) is 177 Å². The van der Waals surface area contributed by atoms with Gasteiger partial charge < -0.3 is 40.7 Å². The standard InChI is InChI=1S/C11H19NO9/c1-4(14)12-7-5(15)2-11(20,10(18)19)21-9(7)8(17)6(16)3-13/h5-9,13,15-17,20H,2-3H2,1H3,(H,12,14)(H,18,19)/t5-,6-,7+,8?,9+,11+/m0/s1. The molecule has 1 fully saturated rings. The zero-order chi connectivity index (χ0) is 16.4. The number of rotatable bonds is 5. The highest BCUT2D eigenvalue weighted by atomic mass is 16.7. The van der Waals surface area contributed by atoms with Crippen LogP contribution >= 0.6 is 0 Å². The Balaban J connectivity index is 3.07. The summed E-state index contributed by atoms with van der Waals surface area (Å²) in [5.74, 6) is -5.17. The monoisotopic (exact) mass is 309 g/mol.